The van der Waals surface area contributed by atoms with Crippen molar-refractivity contribution in [3.63, 3.8) is 0 Å². The van der Waals surface area contributed by atoms with Gasteiger partial charge in [-0.2, -0.15) is 5.10 Å². The molecule has 0 fully saturated rings. The molecule has 2 aromatic carbocycles. The number of rotatable bonds is 7. The van der Waals surface area contributed by atoms with Crippen molar-refractivity contribution in [1.29, 1.82) is 0 Å². The fourth-order valence-corrected chi connectivity index (χ4v) is 4.84. The van der Waals surface area contributed by atoms with Crippen LogP contribution >= 0.6 is 11.3 Å². The highest BCUT2D eigenvalue weighted by atomic mass is 32.1. The van der Waals surface area contributed by atoms with Crippen LogP contribution in [0, 0.1) is 6.92 Å². The predicted octanol–water partition coefficient (Wildman–Crippen LogP) is 4.62. The summed E-state index contributed by atoms with van der Waals surface area (Å²) in [6, 6.07) is 18.1. The van der Waals surface area contributed by atoms with Gasteiger partial charge in [-0.25, -0.2) is 4.68 Å². The lowest BCUT2D eigenvalue weighted by molar-refractivity contribution is -0.121. The first kappa shape index (κ1) is 20.3. The van der Waals surface area contributed by atoms with Crippen molar-refractivity contribution in [3.8, 4) is 0 Å². The Labute approximate surface area is 179 Å². The molecule has 0 aliphatic rings. The molecule has 0 bridgehead atoms. The van der Waals surface area contributed by atoms with Crippen LogP contribution < -0.4 is 10.9 Å². The van der Waals surface area contributed by atoms with Gasteiger partial charge in [0.15, 0.2) is 0 Å². The largest absolute Gasteiger partial charge is 0.356 e. The average molecular weight is 420 g/mol. The summed E-state index contributed by atoms with van der Waals surface area (Å²) in [5, 5.41) is 9.21. The number of hydrogen-bond acceptors (Lipinski definition) is 4. The Morgan fingerprint density at radius 1 is 1.13 bits per heavy atom. The third-order valence-corrected chi connectivity index (χ3v) is 6.67. The third-order valence-electron chi connectivity index (χ3n) is 5.39. The van der Waals surface area contributed by atoms with Crippen LogP contribution in [0.5, 0.6) is 0 Å². The number of benzene rings is 2. The molecule has 0 aliphatic heterocycles. The first-order valence-electron chi connectivity index (χ1n) is 10.2. The molecule has 2 aromatic heterocycles. The van der Waals surface area contributed by atoms with Gasteiger partial charge >= 0.3 is 0 Å². The van der Waals surface area contributed by atoms with E-state index in [0.717, 1.165) is 25.9 Å². The van der Waals surface area contributed by atoms with Crippen LogP contribution in [0.25, 0.3) is 20.2 Å². The number of carbonyl (C=O) groups is 1. The molecule has 5 nitrogen and oxygen atoms in total. The smallest absolute Gasteiger partial charge is 0.276 e. The van der Waals surface area contributed by atoms with Crippen LogP contribution in [0.15, 0.2) is 59.4 Å². The molecule has 1 amide bonds. The minimum atomic E-state index is -0.0776. The van der Waals surface area contributed by atoms with Crippen molar-refractivity contribution in [2.75, 3.05) is 6.54 Å². The number of carbonyl (C=O) groups excluding carboxylic acids is 1. The Bertz CT molecular complexity index is 1240. The molecule has 2 heterocycles. The monoisotopic (exact) mass is 419 g/mol. The number of amides is 1. The van der Waals surface area contributed by atoms with Gasteiger partial charge in [-0.05, 0) is 30.9 Å². The van der Waals surface area contributed by atoms with E-state index in [1.165, 1.54) is 10.2 Å². The standard InChI is InChI=1S/C24H25N3O2S/c1-16(18-9-4-3-5-10-18)15-25-21(28)13-8-14-27-24(29)22-19-11-6-7-12-20(19)30-23(22)17(2)26-27/h3-7,9-12,16H,8,13-15H2,1-2H3,(H,25,28)/t16-/m0/s1. The number of hydrogen-bond donors (Lipinski definition) is 1. The molecule has 1 atom stereocenters. The summed E-state index contributed by atoms with van der Waals surface area (Å²) in [4.78, 5) is 25.3. The Morgan fingerprint density at radius 2 is 1.87 bits per heavy atom. The van der Waals surface area contributed by atoms with Crippen LogP contribution in [0.3, 0.4) is 0 Å². The highest BCUT2D eigenvalue weighted by molar-refractivity contribution is 7.26. The zero-order valence-corrected chi connectivity index (χ0v) is 18.0. The molecule has 0 spiro atoms. The lowest BCUT2D eigenvalue weighted by Gasteiger charge is -2.13. The number of fused-ring (bicyclic) bond motifs is 3. The fraction of sp³-hybridized carbons (Fsp3) is 0.292. The third kappa shape index (κ3) is 4.14. The minimum Gasteiger partial charge on any atom is -0.356 e. The molecule has 4 rings (SSSR count). The van der Waals surface area contributed by atoms with E-state index in [4.69, 9.17) is 0 Å². The average Bonchev–Trinajstić information content (AvgIpc) is 3.16. The summed E-state index contributed by atoms with van der Waals surface area (Å²) < 4.78 is 3.56. The van der Waals surface area contributed by atoms with E-state index >= 15 is 0 Å². The van der Waals surface area contributed by atoms with Crippen LogP contribution in [0.1, 0.15) is 36.9 Å². The normalized spacial score (nSPS) is 12.3. The lowest BCUT2D eigenvalue weighted by Crippen LogP contribution is -2.28. The maximum Gasteiger partial charge on any atom is 0.276 e. The first-order valence-corrected chi connectivity index (χ1v) is 11.1. The van der Waals surface area contributed by atoms with Gasteiger partial charge in [0, 0.05) is 29.6 Å². The summed E-state index contributed by atoms with van der Waals surface area (Å²) in [6.07, 6.45) is 0.947. The van der Waals surface area contributed by atoms with E-state index in [9.17, 15) is 9.59 Å². The second-order valence-electron chi connectivity index (χ2n) is 7.64. The van der Waals surface area contributed by atoms with Crippen molar-refractivity contribution >= 4 is 37.4 Å². The number of nitrogens with zero attached hydrogens (tertiary/aromatic N) is 2. The SMILES string of the molecule is Cc1nn(CCCC(=O)NC[C@H](C)c2ccccc2)c(=O)c2c1sc1ccccc12. The van der Waals surface area contributed by atoms with Crippen LogP contribution in [0.2, 0.25) is 0 Å². The van der Waals surface area contributed by atoms with Gasteiger partial charge < -0.3 is 5.32 Å². The molecule has 6 heteroatoms. The second kappa shape index (κ2) is 8.79. The Hall–Kier alpha value is -2.99. The van der Waals surface area contributed by atoms with Gasteiger partial charge in [-0.15, -0.1) is 11.3 Å². The molecule has 0 radical (unpaired) electrons. The fourth-order valence-electron chi connectivity index (χ4n) is 3.71. The Kier molecular flexibility index (Phi) is 5.95. The summed E-state index contributed by atoms with van der Waals surface area (Å²) in [5.41, 5.74) is 1.98. The van der Waals surface area contributed by atoms with Crippen LogP contribution in [-0.2, 0) is 11.3 Å². The summed E-state index contributed by atoms with van der Waals surface area (Å²) >= 11 is 1.61. The van der Waals surface area contributed by atoms with Crippen molar-refractivity contribution in [2.45, 2.75) is 39.2 Å². The van der Waals surface area contributed by atoms with Crippen molar-refractivity contribution in [1.82, 2.24) is 15.1 Å². The van der Waals surface area contributed by atoms with E-state index in [1.54, 1.807) is 11.3 Å². The van der Waals surface area contributed by atoms with Gasteiger partial charge in [0.1, 0.15) is 0 Å². The Morgan fingerprint density at radius 3 is 2.67 bits per heavy atom. The zero-order valence-electron chi connectivity index (χ0n) is 17.2. The van der Waals surface area contributed by atoms with E-state index in [1.807, 2.05) is 49.4 Å². The molecule has 30 heavy (non-hydrogen) atoms. The predicted molar refractivity (Wildman–Crippen MR) is 123 cm³/mol. The minimum absolute atomic E-state index is 0.00427. The highest BCUT2D eigenvalue weighted by Gasteiger charge is 2.14. The van der Waals surface area contributed by atoms with E-state index in [0.29, 0.717) is 25.9 Å². The van der Waals surface area contributed by atoms with Crippen LogP contribution in [0.4, 0.5) is 0 Å². The first-order chi connectivity index (χ1) is 14.5. The molecule has 0 aliphatic carbocycles. The maximum absolute atomic E-state index is 13.0. The molecule has 0 saturated heterocycles. The summed E-state index contributed by atoms with van der Waals surface area (Å²) in [7, 11) is 0. The van der Waals surface area contributed by atoms with Crippen molar-refractivity contribution in [2.24, 2.45) is 0 Å². The number of aryl methyl sites for hydroxylation is 2. The zero-order chi connectivity index (χ0) is 21.1. The number of thiophene rings is 1. The second-order valence-corrected chi connectivity index (χ2v) is 8.69. The lowest BCUT2D eigenvalue weighted by atomic mass is 10.0. The number of nitrogens with one attached hydrogen (secondary N) is 1. The Balaban J connectivity index is 1.39. The van der Waals surface area contributed by atoms with Gasteiger partial charge in [0.25, 0.3) is 5.56 Å². The van der Waals surface area contributed by atoms with Gasteiger partial charge in [0.05, 0.1) is 15.8 Å². The van der Waals surface area contributed by atoms with E-state index in [2.05, 4.69) is 29.5 Å². The maximum atomic E-state index is 13.0. The summed E-state index contributed by atoms with van der Waals surface area (Å²) in [6.45, 7) is 5.07. The van der Waals surface area contributed by atoms with Crippen molar-refractivity contribution < 1.29 is 4.79 Å². The van der Waals surface area contributed by atoms with Crippen LogP contribution in [-0.4, -0.2) is 22.2 Å². The molecule has 1 N–H and O–H groups in total. The molecular formula is C24H25N3O2S. The van der Waals surface area contributed by atoms with Crippen molar-refractivity contribution in [3.05, 3.63) is 76.2 Å². The quantitative estimate of drug-likeness (QED) is 0.475. The van der Waals surface area contributed by atoms with E-state index in [-0.39, 0.29) is 17.4 Å². The van der Waals surface area contributed by atoms with Gasteiger partial charge in [-0.3, -0.25) is 9.59 Å². The molecule has 154 valence electrons. The van der Waals surface area contributed by atoms with Gasteiger partial charge in [-0.1, -0.05) is 55.5 Å². The molecule has 4 aromatic rings. The topological polar surface area (TPSA) is 64.0 Å². The number of aromatic nitrogens is 2. The summed E-state index contributed by atoms with van der Waals surface area (Å²) in [5.74, 6) is 0.265. The highest BCUT2D eigenvalue weighted by Crippen LogP contribution is 2.32. The van der Waals surface area contributed by atoms with E-state index < -0.39 is 0 Å². The van der Waals surface area contributed by atoms with Gasteiger partial charge in [0.2, 0.25) is 5.91 Å². The molecular weight excluding hydrogens is 394 g/mol. The molecule has 0 saturated carbocycles. The molecule has 0 unspecified atom stereocenters.